The summed E-state index contributed by atoms with van der Waals surface area (Å²) < 4.78 is 1.28. The quantitative estimate of drug-likeness (QED) is 0.601. The second kappa shape index (κ2) is 10.0. The van der Waals surface area contributed by atoms with E-state index >= 15 is 0 Å². The van der Waals surface area contributed by atoms with Gasteiger partial charge in [-0.15, -0.1) is 0 Å². The number of carbonyl (C=O) groups is 1. The van der Waals surface area contributed by atoms with Crippen molar-refractivity contribution in [1.82, 2.24) is 15.2 Å². The number of nitrogens with one attached hydrogen (secondary N) is 1. The van der Waals surface area contributed by atoms with Gasteiger partial charge in [-0.2, -0.15) is 0 Å². The molecule has 0 spiro atoms. The van der Waals surface area contributed by atoms with Gasteiger partial charge in [0.1, 0.15) is 0 Å². The van der Waals surface area contributed by atoms with Crippen LogP contribution in [0.4, 0.5) is 5.13 Å². The van der Waals surface area contributed by atoms with Crippen molar-refractivity contribution in [2.24, 2.45) is 0 Å². The molecule has 4 rings (SSSR count). The first-order valence-corrected chi connectivity index (χ1v) is 11.7. The molecule has 0 aliphatic carbocycles. The van der Waals surface area contributed by atoms with Gasteiger partial charge < -0.3 is 10.2 Å². The Morgan fingerprint density at radius 1 is 1.07 bits per heavy atom. The molecule has 0 bridgehead atoms. The van der Waals surface area contributed by atoms with Crippen molar-refractivity contribution < 1.29 is 4.79 Å². The van der Waals surface area contributed by atoms with Crippen LogP contribution in [0.15, 0.2) is 48.5 Å². The van der Waals surface area contributed by atoms with E-state index in [0.29, 0.717) is 13.0 Å². The molecule has 1 aliphatic heterocycles. The number of piperazine rings is 1. The summed E-state index contributed by atoms with van der Waals surface area (Å²) in [5, 5.41) is 4.21. The van der Waals surface area contributed by atoms with Crippen molar-refractivity contribution in [2.75, 3.05) is 44.2 Å². The first-order valence-electron chi connectivity index (χ1n) is 10.9. The van der Waals surface area contributed by atoms with Crippen molar-refractivity contribution >= 4 is 32.6 Å². The van der Waals surface area contributed by atoms with Crippen LogP contribution in [0.1, 0.15) is 24.5 Å². The molecule has 1 aromatic heterocycles. The Morgan fingerprint density at radius 2 is 1.87 bits per heavy atom. The highest BCUT2D eigenvalue weighted by Crippen LogP contribution is 2.31. The molecule has 0 radical (unpaired) electrons. The number of carbonyl (C=O) groups excluding carboxylic acids is 1. The number of aryl methyl sites for hydroxylation is 2. The van der Waals surface area contributed by atoms with Crippen LogP contribution in [0, 0.1) is 0 Å². The SMILES string of the molecule is CCc1cccc2sc(N3CCN(CCNC(=O)CCc4ccccc4)CC3)nc12. The van der Waals surface area contributed by atoms with Gasteiger partial charge in [0, 0.05) is 45.7 Å². The predicted molar refractivity (Wildman–Crippen MR) is 125 cm³/mol. The summed E-state index contributed by atoms with van der Waals surface area (Å²) in [7, 11) is 0. The van der Waals surface area contributed by atoms with Crippen LogP contribution in [0.25, 0.3) is 10.2 Å². The summed E-state index contributed by atoms with van der Waals surface area (Å²) in [5.41, 5.74) is 3.71. The van der Waals surface area contributed by atoms with E-state index in [1.807, 2.05) is 18.2 Å². The molecule has 1 N–H and O–H groups in total. The summed E-state index contributed by atoms with van der Waals surface area (Å²) in [6.07, 6.45) is 2.37. The molecular weight excluding hydrogens is 392 g/mol. The van der Waals surface area contributed by atoms with E-state index in [1.165, 1.54) is 21.3 Å². The summed E-state index contributed by atoms with van der Waals surface area (Å²) in [4.78, 5) is 21.9. The van der Waals surface area contributed by atoms with Gasteiger partial charge >= 0.3 is 0 Å². The van der Waals surface area contributed by atoms with Crippen LogP contribution in [0.5, 0.6) is 0 Å². The van der Waals surface area contributed by atoms with E-state index < -0.39 is 0 Å². The standard InChI is InChI=1S/C24H30N4OS/c1-2-20-9-6-10-21-23(20)26-24(30-21)28-17-15-27(16-18-28)14-13-25-22(29)12-11-19-7-4-3-5-8-19/h3-10H,2,11-18H2,1H3,(H,25,29). The minimum atomic E-state index is 0.138. The molecule has 1 saturated heterocycles. The van der Waals surface area contributed by atoms with Crippen molar-refractivity contribution in [1.29, 1.82) is 0 Å². The summed E-state index contributed by atoms with van der Waals surface area (Å²) in [5.74, 6) is 0.138. The molecule has 0 unspecified atom stereocenters. The number of aromatic nitrogens is 1. The fourth-order valence-corrected chi connectivity index (χ4v) is 4.99. The third-order valence-corrected chi connectivity index (χ3v) is 6.83. The summed E-state index contributed by atoms with van der Waals surface area (Å²) >= 11 is 1.80. The molecule has 2 aromatic carbocycles. The van der Waals surface area contributed by atoms with E-state index in [9.17, 15) is 4.79 Å². The molecule has 0 atom stereocenters. The van der Waals surface area contributed by atoms with E-state index in [2.05, 4.69) is 52.4 Å². The number of amides is 1. The van der Waals surface area contributed by atoms with Gasteiger partial charge in [0.15, 0.2) is 5.13 Å². The lowest BCUT2D eigenvalue weighted by Crippen LogP contribution is -2.48. The maximum absolute atomic E-state index is 12.1. The van der Waals surface area contributed by atoms with Gasteiger partial charge in [-0.05, 0) is 30.0 Å². The predicted octanol–water partition coefficient (Wildman–Crippen LogP) is 3.73. The zero-order valence-corrected chi connectivity index (χ0v) is 18.5. The lowest BCUT2D eigenvalue weighted by molar-refractivity contribution is -0.121. The number of fused-ring (bicyclic) bond motifs is 1. The van der Waals surface area contributed by atoms with Crippen LogP contribution < -0.4 is 10.2 Å². The minimum absolute atomic E-state index is 0.138. The van der Waals surface area contributed by atoms with Gasteiger partial charge in [0.25, 0.3) is 0 Å². The zero-order valence-electron chi connectivity index (χ0n) is 17.6. The molecule has 158 valence electrons. The average Bonchev–Trinajstić information content (AvgIpc) is 3.23. The van der Waals surface area contributed by atoms with Crippen LogP contribution in [0.3, 0.4) is 0 Å². The molecule has 30 heavy (non-hydrogen) atoms. The van der Waals surface area contributed by atoms with E-state index in [4.69, 9.17) is 4.98 Å². The molecular formula is C24H30N4OS. The number of anilines is 1. The fourth-order valence-electron chi connectivity index (χ4n) is 3.92. The maximum atomic E-state index is 12.1. The molecule has 0 saturated carbocycles. The number of thiazole rings is 1. The Morgan fingerprint density at radius 3 is 2.63 bits per heavy atom. The number of rotatable bonds is 8. The largest absolute Gasteiger partial charge is 0.355 e. The Bertz CT molecular complexity index is 964. The smallest absolute Gasteiger partial charge is 0.220 e. The first-order chi connectivity index (χ1) is 14.7. The van der Waals surface area contributed by atoms with E-state index in [1.54, 1.807) is 11.3 Å². The van der Waals surface area contributed by atoms with E-state index in [0.717, 1.165) is 50.7 Å². The molecule has 3 aromatic rings. The Kier molecular flexibility index (Phi) is 6.97. The van der Waals surface area contributed by atoms with Crippen LogP contribution in [-0.4, -0.2) is 55.1 Å². The Labute approximate surface area is 182 Å². The molecule has 2 heterocycles. The summed E-state index contributed by atoms with van der Waals surface area (Å²) in [6, 6.07) is 16.7. The normalized spacial score (nSPS) is 14.9. The van der Waals surface area contributed by atoms with Crippen LogP contribution >= 0.6 is 11.3 Å². The van der Waals surface area contributed by atoms with Gasteiger partial charge in [-0.1, -0.05) is 60.7 Å². The minimum Gasteiger partial charge on any atom is -0.355 e. The van der Waals surface area contributed by atoms with Crippen molar-refractivity contribution in [3.05, 3.63) is 59.7 Å². The third-order valence-electron chi connectivity index (χ3n) is 5.75. The zero-order chi connectivity index (χ0) is 20.8. The van der Waals surface area contributed by atoms with Gasteiger partial charge in [-0.25, -0.2) is 4.98 Å². The van der Waals surface area contributed by atoms with Gasteiger partial charge in [0.2, 0.25) is 5.91 Å². The maximum Gasteiger partial charge on any atom is 0.220 e. The lowest BCUT2D eigenvalue weighted by atomic mass is 10.1. The Balaban J connectivity index is 1.19. The van der Waals surface area contributed by atoms with Crippen molar-refractivity contribution in [2.45, 2.75) is 26.2 Å². The van der Waals surface area contributed by atoms with Crippen molar-refractivity contribution in [3.63, 3.8) is 0 Å². The number of hydrogen-bond donors (Lipinski definition) is 1. The highest BCUT2D eigenvalue weighted by Gasteiger charge is 2.20. The monoisotopic (exact) mass is 422 g/mol. The van der Waals surface area contributed by atoms with Crippen LogP contribution in [-0.2, 0) is 17.6 Å². The number of hydrogen-bond acceptors (Lipinski definition) is 5. The highest BCUT2D eigenvalue weighted by molar-refractivity contribution is 7.22. The lowest BCUT2D eigenvalue weighted by Gasteiger charge is -2.34. The molecule has 1 fully saturated rings. The Hall–Kier alpha value is -2.44. The number of para-hydroxylation sites is 1. The second-order valence-corrected chi connectivity index (χ2v) is 8.79. The third kappa shape index (κ3) is 5.18. The molecule has 6 heteroatoms. The molecule has 1 aliphatic rings. The van der Waals surface area contributed by atoms with Gasteiger partial charge in [-0.3, -0.25) is 9.69 Å². The number of benzene rings is 2. The second-order valence-electron chi connectivity index (χ2n) is 7.78. The average molecular weight is 423 g/mol. The molecule has 5 nitrogen and oxygen atoms in total. The summed E-state index contributed by atoms with van der Waals surface area (Å²) in [6.45, 7) is 7.81. The van der Waals surface area contributed by atoms with Crippen LogP contribution in [0.2, 0.25) is 0 Å². The van der Waals surface area contributed by atoms with Crippen molar-refractivity contribution in [3.8, 4) is 0 Å². The van der Waals surface area contributed by atoms with E-state index in [-0.39, 0.29) is 5.91 Å². The number of nitrogens with zero attached hydrogens (tertiary/aromatic N) is 3. The van der Waals surface area contributed by atoms with Gasteiger partial charge in [0.05, 0.1) is 10.2 Å². The first kappa shape index (κ1) is 20.8. The topological polar surface area (TPSA) is 48.5 Å². The fraction of sp³-hybridized carbons (Fsp3) is 0.417. The highest BCUT2D eigenvalue weighted by atomic mass is 32.1. The molecule has 1 amide bonds.